The van der Waals surface area contributed by atoms with Crippen molar-refractivity contribution in [3.63, 3.8) is 0 Å². The van der Waals surface area contributed by atoms with E-state index in [1.54, 1.807) is 0 Å². The zero-order valence-electron chi connectivity index (χ0n) is 52.4. The summed E-state index contributed by atoms with van der Waals surface area (Å²) >= 11 is 0. The van der Waals surface area contributed by atoms with Gasteiger partial charge in [0.05, 0.1) is 33.4 Å². The molecule has 0 saturated carbocycles. The number of hydrogen-bond acceptors (Lipinski definition) is 4. The lowest BCUT2D eigenvalue weighted by Gasteiger charge is -2.21. The highest BCUT2D eigenvalue weighted by Gasteiger charge is 2.29. The molecule has 7 heteroatoms. The van der Waals surface area contributed by atoms with Gasteiger partial charge in [-0.25, -0.2) is 4.98 Å². The van der Waals surface area contributed by atoms with Crippen molar-refractivity contribution < 1.29 is 18.1 Å². The fourth-order valence-electron chi connectivity index (χ4n) is 14.4. The fourth-order valence-corrected chi connectivity index (χ4v) is 14.4. The van der Waals surface area contributed by atoms with E-state index in [9.17, 15) is 0 Å². The van der Waals surface area contributed by atoms with E-state index in [0.29, 0.717) is 11.5 Å². The zero-order chi connectivity index (χ0) is 62.4. The lowest BCUT2D eigenvalue weighted by Crippen LogP contribution is -2.32. The van der Waals surface area contributed by atoms with Crippen molar-refractivity contribution in [2.24, 2.45) is 0 Å². The average Bonchev–Trinajstić information content (AvgIpc) is 1.59. The molecule has 6 heterocycles. The van der Waals surface area contributed by atoms with Gasteiger partial charge in [0.1, 0.15) is 39.6 Å². The SMILES string of the molecule is CC(C)(C)c1ccc(-c2cccc3c2-[n+]2[c-]n(-c4cccc(Oc5ccc6c7ccccc7n(-c7cc(C(C)(C)C)ccn7)c6c5)c4)c4cc(-c5ccc6oc7ccccc7c6c5)cc(c42)-c2ccccc2-c2ccc(-c4ccc5oc6ccccc6c5c4)cc2-3)cc1. The Kier molecular flexibility index (Phi) is 12.0. The maximum absolute atomic E-state index is 7.07. The van der Waals surface area contributed by atoms with E-state index >= 15 is 0 Å². The Balaban J connectivity index is 0.882. The van der Waals surface area contributed by atoms with Gasteiger partial charge in [0.2, 0.25) is 0 Å². The van der Waals surface area contributed by atoms with Crippen LogP contribution in [0.15, 0.2) is 276 Å². The van der Waals surface area contributed by atoms with Gasteiger partial charge < -0.3 is 13.6 Å². The molecular formula is C86H62N4O3. The first kappa shape index (κ1) is 54.4. The molecule has 0 saturated heterocycles. The van der Waals surface area contributed by atoms with Crippen LogP contribution in [0.1, 0.15) is 52.7 Å². The minimum atomic E-state index is -0.0573. The Hall–Kier alpha value is -11.5. The second-order valence-corrected chi connectivity index (χ2v) is 26.9. The van der Waals surface area contributed by atoms with Gasteiger partial charge in [-0.05, 0) is 186 Å². The summed E-state index contributed by atoms with van der Waals surface area (Å²) < 4.78 is 26.7. The lowest BCUT2D eigenvalue weighted by atomic mass is 9.85. The van der Waals surface area contributed by atoms with Crippen molar-refractivity contribution in [2.45, 2.75) is 52.4 Å². The Labute approximate surface area is 538 Å². The third-order valence-electron chi connectivity index (χ3n) is 19.1. The topological polar surface area (TPSA) is 62.1 Å². The molecule has 5 aromatic heterocycles. The van der Waals surface area contributed by atoms with Crippen LogP contribution in [0.3, 0.4) is 0 Å². The van der Waals surface area contributed by atoms with Crippen molar-refractivity contribution in [2.75, 3.05) is 0 Å². The molecule has 0 unspecified atom stereocenters. The molecule has 1 aliphatic heterocycles. The molecule has 444 valence electrons. The van der Waals surface area contributed by atoms with Gasteiger partial charge in [-0.1, -0.05) is 199 Å². The monoisotopic (exact) mass is 1200 g/mol. The Morgan fingerprint density at radius 1 is 0.366 bits per heavy atom. The first-order chi connectivity index (χ1) is 45.3. The highest BCUT2D eigenvalue weighted by atomic mass is 16.5. The molecule has 17 aromatic rings. The van der Waals surface area contributed by atoms with E-state index in [4.69, 9.17) is 18.6 Å². The number of furan rings is 2. The second-order valence-electron chi connectivity index (χ2n) is 26.9. The minimum Gasteiger partial charge on any atom is -0.458 e. The van der Waals surface area contributed by atoms with Crippen LogP contribution in [0.4, 0.5) is 0 Å². The second kappa shape index (κ2) is 20.5. The van der Waals surface area contributed by atoms with Crippen LogP contribution in [-0.4, -0.2) is 14.1 Å². The molecule has 0 radical (unpaired) electrons. The molecule has 0 N–H and O–H groups in total. The third-order valence-corrected chi connectivity index (χ3v) is 19.1. The number of aromatic nitrogens is 4. The standard InChI is InChI=1S/C86H62N4O3/c1-85(2,3)57-34-29-52(30-35-57)62-24-16-25-70-71-43-53(54-32-39-80-72(44-54)68-22-10-13-27-78(68)92-80)31-37-65(71)63-19-7-8-20-64(63)74-46-56(55-33-40-81-73(45-55)69-23-11-14-28-79(69)93-81)47-77-84(74)89(83(62)70)51-88(77)59-17-15-18-60(49-59)91-61-36-38-67-66-21-9-12-26-75(66)90(76(67)50-61)82-48-58(41-42-87-82)86(4,5)6/h7-50H,1-6H3. The largest absolute Gasteiger partial charge is 0.458 e. The Bertz CT molecular complexity index is 5940. The van der Waals surface area contributed by atoms with Gasteiger partial charge >= 0.3 is 0 Å². The van der Waals surface area contributed by atoms with Crippen molar-refractivity contribution in [1.82, 2.24) is 14.1 Å². The predicted octanol–water partition coefficient (Wildman–Crippen LogP) is 22.7. The van der Waals surface area contributed by atoms with Gasteiger partial charge in [0.15, 0.2) is 0 Å². The maximum atomic E-state index is 7.07. The molecule has 0 amide bonds. The molecule has 0 aliphatic carbocycles. The number of ether oxygens (including phenoxy) is 1. The molecule has 18 rings (SSSR count). The summed E-state index contributed by atoms with van der Waals surface area (Å²) in [5.74, 6) is 2.27. The average molecular weight is 1200 g/mol. The number of para-hydroxylation sites is 4. The predicted molar refractivity (Wildman–Crippen MR) is 380 cm³/mol. The summed E-state index contributed by atoms with van der Waals surface area (Å²) in [6.45, 7) is 13.6. The molecule has 1 aliphatic rings. The van der Waals surface area contributed by atoms with Crippen molar-refractivity contribution in [3.05, 3.63) is 285 Å². The molecule has 93 heavy (non-hydrogen) atoms. The van der Waals surface area contributed by atoms with E-state index in [-0.39, 0.29) is 10.8 Å². The zero-order valence-corrected chi connectivity index (χ0v) is 52.4. The highest BCUT2D eigenvalue weighted by molar-refractivity contribution is 6.11. The normalized spacial score (nSPS) is 12.4. The van der Waals surface area contributed by atoms with E-state index in [1.807, 2.05) is 36.5 Å². The van der Waals surface area contributed by atoms with E-state index in [2.05, 4.69) is 292 Å². The quantitative estimate of drug-likeness (QED) is 0.118. The molecule has 0 spiro atoms. The van der Waals surface area contributed by atoms with Gasteiger partial charge in [-0.3, -0.25) is 13.7 Å². The molecule has 0 bridgehead atoms. The Morgan fingerprint density at radius 2 is 0.925 bits per heavy atom. The number of fused-ring (bicyclic) bond motifs is 16. The van der Waals surface area contributed by atoms with Crippen molar-refractivity contribution >= 4 is 76.7 Å². The van der Waals surface area contributed by atoms with Crippen LogP contribution < -0.4 is 9.30 Å². The summed E-state index contributed by atoms with van der Waals surface area (Å²) in [5.41, 5.74) is 25.0. The van der Waals surface area contributed by atoms with Gasteiger partial charge in [0.25, 0.3) is 6.33 Å². The van der Waals surface area contributed by atoms with Crippen LogP contribution in [0.25, 0.3) is 161 Å². The van der Waals surface area contributed by atoms with Crippen LogP contribution in [-0.2, 0) is 10.8 Å². The smallest absolute Gasteiger partial charge is 0.269 e. The molecule has 0 fully saturated rings. The van der Waals surface area contributed by atoms with Crippen LogP contribution in [0.2, 0.25) is 0 Å². The number of pyridine rings is 1. The van der Waals surface area contributed by atoms with Crippen LogP contribution in [0.5, 0.6) is 11.5 Å². The van der Waals surface area contributed by atoms with E-state index < -0.39 is 0 Å². The van der Waals surface area contributed by atoms with E-state index in [1.165, 1.54) is 11.1 Å². The van der Waals surface area contributed by atoms with Crippen LogP contribution >= 0.6 is 0 Å². The lowest BCUT2D eigenvalue weighted by molar-refractivity contribution is -0.570. The van der Waals surface area contributed by atoms with Crippen molar-refractivity contribution in [3.8, 4) is 95.5 Å². The number of rotatable bonds is 7. The number of benzene rings is 12. The van der Waals surface area contributed by atoms with Gasteiger partial charge in [-0.2, -0.15) is 0 Å². The van der Waals surface area contributed by atoms with Crippen LogP contribution in [0, 0.1) is 6.33 Å². The molecular weight excluding hydrogens is 1140 g/mol. The number of hydrogen-bond donors (Lipinski definition) is 0. The van der Waals surface area contributed by atoms with Gasteiger partial charge in [0, 0.05) is 44.6 Å². The summed E-state index contributed by atoms with van der Waals surface area (Å²) in [5, 5.41) is 6.63. The van der Waals surface area contributed by atoms with Gasteiger partial charge in [-0.15, -0.1) is 0 Å². The van der Waals surface area contributed by atoms with Crippen molar-refractivity contribution in [1.29, 1.82) is 0 Å². The number of nitrogens with zero attached hydrogens (tertiary/aromatic N) is 4. The highest BCUT2D eigenvalue weighted by Crippen LogP contribution is 2.49. The molecule has 0 atom stereocenters. The maximum Gasteiger partial charge on any atom is 0.269 e. The summed E-state index contributed by atoms with van der Waals surface area (Å²) in [6.07, 6.45) is 6.05. The molecule has 7 nitrogen and oxygen atoms in total. The first-order valence-electron chi connectivity index (χ1n) is 32.0. The summed E-state index contributed by atoms with van der Waals surface area (Å²) in [6, 6.07) is 94.3. The third kappa shape index (κ3) is 8.86. The minimum absolute atomic E-state index is 0.0340. The Morgan fingerprint density at radius 3 is 1.66 bits per heavy atom. The number of imidazole rings is 1. The summed E-state index contributed by atoms with van der Waals surface area (Å²) in [4.78, 5) is 4.98. The summed E-state index contributed by atoms with van der Waals surface area (Å²) in [7, 11) is 0. The van der Waals surface area contributed by atoms with E-state index in [0.717, 1.165) is 161 Å². The molecule has 12 aromatic carbocycles. The fraction of sp³-hybridized carbons (Fsp3) is 0.0930. The first-order valence-corrected chi connectivity index (χ1v) is 32.0.